The van der Waals surface area contributed by atoms with Gasteiger partial charge in [-0.15, -0.1) is 0 Å². The second kappa shape index (κ2) is 12.3. The van der Waals surface area contributed by atoms with E-state index in [9.17, 15) is 14.4 Å². The maximum Gasteiger partial charge on any atom is 0.306 e. The lowest BCUT2D eigenvalue weighted by molar-refractivity contribution is -0.146. The van der Waals surface area contributed by atoms with Crippen molar-refractivity contribution < 1.29 is 28.6 Å². The maximum absolute atomic E-state index is 11.9. The molecule has 0 aliphatic heterocycles. The zero-order valence-electron chi connectivity index (χ0n) is 16.4. The van der Waals surface area contributed by atoms with Crippen LogP contribution in [0, 0.1) is 0 Å². The number of rotatable bonds is 9. The van der Waals surface area contributed by atoms with Crippen molar-refractivity contribution in [3.05, 3.63) is 42.5 Å². The number of thiocarbonyl (C=S) groups is 1. The van der Waals surface area contributed by atoms with E-state index in [-0.39, 0.29) is 37.8 Å². The van der Waals surface area contributed by atoms with E-state index in [4.69, 9.17) is 26.4 Å². The van der Waals surface area contributed by atoms with Crippen molar-refractivity contribution in [3.63, 3.8) is 0 Å². The van der Waals surface area contributed by atoms with Crippen molar-refractivity contribution in [1.29, 1.82) is 0 Å². The fourth-order valence-electron chi connectivity index (χ4n) is 2.37. The molecule has 0 heterocycles. The van der Waals surface area contributed by atoms with Crippen LogP contribution in [0.15, 0.2) is 42.5 Å². The minimum Gasteiger partial charge on any atom is -0.483 e. The molecular formula is C20H23N3O6S. The summed E-state index contributed by atoms with van der Waals surface area (Å²) >= 11 is 4.92. The highest BCUT2D eigenvalue weighted by molar-refractivity contribution is 7.80. The summed E-state index contributed by atoms with van der Waals surface area (Å²) in [6, 6.07) is 13.2. The predicted molar refractivity (Wildman–Crippen MR) is 114 cm³/mol. The van der Waals surface area contributed by atoms with E-state index in [1.54, 1.807) is 6.07 Å². The molecule has 0 aliphatic rings. The van der Waals surface area contributed by atoms with E-state index in [1.165, 1.54) is 7.11 Å². The molecule has 0 radical (unpaired) electrons. The minimum atomic E-state index is -0.514. The highest BCUT2D eigenvalue weighted by Crippen LogP contribution is 2.24. The third-order valence-corrected chi connectivity index (χ3v) is 3.99. The Bertz CT molecular complexity index is 900. The van der Waals surface area contributed by atoms with Gasteiger partial charge in [0.15, 0.2) is 11.7 Å². The highest BCUT2D eigenvalue weighted by atomic mass is 32.1. The molecule has 0 saturated carbocycles. The Labute approximate surface area is 179 Å². The van der Waals surface area contributed by atoms with Gasteiger partial charge in [-0.1, -0.05) is 36.4 Å². The molecule has 10 heteroatoms. The van der Waals surface area contributed by atoms with E-state index in [0.29, 0.717) is 5.75 Å². The first kappa shape index (κ1) is 23.0. The lowest BCUT2D eigenvalue weighted by Gasteiger charge is -2.12. The number of hydrazine groups is 1. The first-order valence-electron chi connectivity index (χ1n) is 9.13. The Hall–Kier alpha value is -3.24. The van der Waals surface area contributed by atoms with Crippen molar-refractivity contribution in [2.75, 3.05) is 26.9 Å². The molecule has 2 amide bonds. The normalized spacial score (nSPS) is 10.2. The molecular weight excluding hydrogens is 410 g/mol. The second-order valence-electron chi connectivity index (χ2n) is 6.03. The van der Waals surface area contributed by atoms with Crippen molar-refractivity contribution in [3.8, 4) is 5.75 Å². The lowest BCUT2D eigenvalue weighted by atomic mass is 10.1. The molecule has 0 aromatic heterocycles. The number of hydrogen-bond acceptors (Lipinski definition) is 7. The number of esters is 1. The molecule has 9 nitrogen and oxygen atoms in total. The fourth-order valence-corrected chi connectivity index (χ4v) is 2.54. The Kier molecular flexibility index (Phi) is 9.49. The fraction of sp³-hybridized carbons (Fsp3) is 0.300. The molecule has 30 heavy (non-hydrogen) atoms. The van der Waals surface area contributed by atoms with E-state index in [1.807, 2.05) is 36.4 Å². The van der Waals surface area contributed by atoms with Crippen LogP contribution < -0.4 is 20.9 Å². The molecule has 0 fully saturated rings. The number of fused-ring (bicyclic) bond motifs is 1. The third kappa shape index (κ3) is 8.02. The van der Waals surface area contributed by atoms with E-state index in [0.717, 1.165) is 10.8 Å². The lowest BCUT2D eigenvalue weighted by Crippen LogP contribution is -2.49. The van der Waals surface area contributed by atoms with E-state index >= 15 is 0 Å². The van der Waals surface area contributed by atoms with Crippen molar-refractivity contribution in [1.82, 2.24) is 16.2 Å². The zero-order chi connectivity index (χ0) is 21.8. The first-order valence-corrected chi connectivity index (χ1v) is 9.54. The smallest absolute Gasteiger partial charge is 0.306 e. The monoisotopic (exact) mass is 433 g/mol. The van der Waals surface area contributed by atoms with E-state index in [2.05, 4.69) is 16.2 Å². The zero-order valence-corrected chi connectivity index (χ0v) is 17.3. The maximum atomic E-state index is 11.9. The predicted octanol–water partition coefficient (Wildman–Crippen LogP) is 1.21. The van der Waals surface area contributed by atoms with Crippen LogP contribution in [0.3, 0.4) is 0 Å². The van der Waals surface area contributed by atoms with Crippen LogP contribution in [0.25, 0.3) is 10.8 Å². The third-order valence-electron chi connectivity index (χ3n) is 3.78. The van der Waals surface area contributed by atoms with Crippen LogP contribution in [0.1, 0.15) is 12.8 Å². The Morgan fingerprint density at radius 1 is 0.933 bits per heavy atom. The van der Waals surface area contributed by atoms with Gasteiger partial charge in [-0.3, -0.25) is 25.2 Å². The standard InChI is InChI=1S/C20H23N3O6S/c1-27-11-12-28-19(26)10-9-17(24)21-20(30)23-22-18(25)13-29-16-8-4-6-14-5-2-3-7-15(14)16/h2-8H,9-13H2,1H3,(H,22,25)(H2,21,23,24,30). The SMILES string of the molecule is COCCOC(=O)CCC(=O)NC(=S)NNC(=O)COc1cccc2ccccc12. The van der Waals surface area contributed by atoms with Gasteiger partial charge in [-0.05, 0) is 23.7 Å². The average molecular weight is 433 g/mol. The number of nitrogens with one attached hydrogen (secondary N) is 3. The summed E-state index contributed by atoms with van der Waals surface area (Å²) < 4.78 is 15.2. The Balaban J connectivity index is 1.66. The van der Waals surface area contributed by atoms with Crippen LogP contribution in [0.5, 0.6) is 5.75 Å². The molecule has 0 atom stereocenters. The van der Waals surface area contributed by atoms with Gasteiger partial charge in [0.05, 0.1) is 13.0 Å². The molecule has 2 rings (SSSR count). The molecule has 0 unspecified atom stereocenters. The molecule has 0 saturated heterocycles. The number of hydrogen-bond donors (Lipinski definition) is 3. The minimum absolute atomic E-state index is 0.0939. The summed E-state index contributed by atoms with van der Waals surface area (Å²) in [5.74, 6) is -0.907. The van der Waals surface area contributed by atoms with E-state index < -0.39 is 17.8 Å². The second-order valence-corrected chi connectivity index (χ2v) is 6.44. The van der Waals surface area contributed by atoms with Gasteiger partial charge in [0.1, 0.15) is 12.4 Å². The topological polar surface area (TPSA) is 115 Å². The number of methoxy groups -OCH3 is 1. The molecule has 160 valence electrons. The number of carbonyl (C=O) groups excluding carboxylic acids is 3. The van der Waals surface area contributed by atoms with Gasteiger partial charge in [0, 0.05) is 18.9 Å². The van der Waals surface area contributed by atoms with Crippen LogP contribution >= 0.6 is 12.2 Å². The largest absolute Gasteiger partial charge is 0.483 e. The van der Waals surface area contributed by atoms with Crippen LogP contribution in [0.2, 0.25) is 0 Å². The average Bonchev–Trinajstić information content (AvgIpc) is 2.75. The van der Waals surface area contributed by atoms with Gasteiger partial charge in [0.2, 0.25) is 5.91 Å². The van der Waals surface area contributed by atoms with Gasteiger partial charge in [-0.2, -0.15) is 0 Å². The quantitative estimate of drug-likeness (QED) is 0.234. The van der Waals surface area contributed by atoms with Crippen molar-refractivity contribution in [2.45, 2.75) is 12.8 Å². The van der Waals surface area contributed by atoms with Gasteiger partial charge < -0.3 is 19.5 Å². The summed E-state index contributed by atoms with van der Waals surface area (Å²) in [5.41, 5.74) is 4.73. The number of carbonyl (C=O) groups is 3. The molecule has 2 aromatic carbocycles. The molecule has 0 spiro atoms. The number of ether oxygens (including phenoxy) is 3. The van der Waals surface area contributed by atoms with Crippen LogP contribution in [0.4, 0.5) is 0 Å². The van der Waals surface area contributed by atoms with Crippen LogP contribution in [-0.2, 0) is 23.9 Å². The first-order chi connectivity index (χ1) is 14.5. The molecule has 0 aliphatic carbocycles. The molecule has 3 N–H and O–H groups in total. The van der Waals surface area contributed by atoms with Crippen molar-refractivity contribution >= 4 is 45.9 Å². The summed E-state index contributed by atoms with van der Waals surface area (Å²) in [6.07, 6.45) is -0.199. The van der Waals surface area contributed by atoms with Gasteiger partial charge >= 0.3 is 5.97 Å². The summed E-state index contributed by atoms with van der Waals surface area (Å²) in [5, 5.41) is 4.14. The Morgan fingerprint density at radius 2 is 1.70 bits per heavy atom. The summed E-state index contributed by atoms with van der Waals surface area (Å²) in [6.45, 7) is 0.171. The molecule has 0 bridgehead atoms. The van der Waals surface area contributed by atoms with Gasteiger partial charge in [0.25, 0.3) is 5.91 Å². The summed E-state index contributed by atoms with van der Waals surface area (Å²) in [4.78, 5) is 35.1. The number of benzene rings is 2. The molecule has 2 aromatic rings. The Morgan fingerprint density at radius 3 is 2.50 bits per heavy atom. The summed E-state index contributed by atoms with van der Waals surface area (Å²) in [7, 11) is 1.49. The highest BCUT2D eigenvalue weighted by Gasteiger charge is 2.10. The number of amides is 2. The van der Waals surface area contributed by atoms with Crippen LogP contribution in [-0.4, -0.2) is 49.8 Å². The van der Waals surface area contributed by atoms with Gasteiger partial charge in [-0.25, -0.2) is 0 Å². The van der Waals surface area contributed by atoms with Crippen molar-refractivity contribution in [2.24, 2.45) is 0 Å².